The van der Waals surface area contributed by atoms with Gasteiger partial charge in [-0.3, -0.25) is 0 Å². The quantitative estimate of drug-likeness (QED) is 0.709. The summed E-state index contributed by atoms with van der Waals surface area (Å²) in [5.74, 6) is 2.61. The highest BCUT2D eigenvalue weighted by Gasteiger charge is 2.18. The Kier molecular flexibility index (Phi) is 1.75. The minimum atomic E-state index is 0.436. The number of fused-ring (bicyclic) bond motifs is 1. The van der Waals surface area contributed by atoms with E-state index in [1.807, 2.05) is 36.4 Å². The molecule has 74 valence electrons. The molecule has 1 aromatic carbocycles. The molecule has 0 saturated heterocycles. The van der Waals surface area contributed by atoms with Crippen molar-refractivity contribution in [1.82, 2.24) is 0 Å². The summed E-state index contributed by atoms with van der Waals surface area (Å²) in [7, 11) is 0. The summed E-state index contributed by atoms with van der Waals surface area (Å²) in [5.41, 5.74) is 0. The molecule has 2 aromatic rings. The second-order valence-corrected chi connectivity index (χ2v) is 3.13. The molecule has 0 unspecified atom stereocenters. The van der Waals surface area contributed by atoms with Crippen LogP contribution in [0.25, 0.3) is 6.08 Å². The predicted octanol–water partition coefficient (Wildman–Crippen LogP) is 3.05. The second-order valence-electron chi connectivity index (χ2n) is 3.13. The molecule has 1 aliphatic heterocycles. The predicted molar refractivity (Wildman–Crippen MR) is 54.4 cm³/mol. The normalized spacial score (nSPS) is 12.9. The lowest BCUT2D eigenvalue weighted by molar-refractivity contribution is 0.292. The van der Waals surface area contributed by atoms with Crippen LogP contribution in [0.15, 0.2) is 53.0 Å². The molecule has 0 bridgehead atoms. The zero-order chi connectivity index (χ0) is 10.1. The maximum atomic E-state index is 5.46. The van der Waals surface area contributed by atoms with Crippen molar-refractivity contribution in [2.24, 2.45) is 0 Å². The van der Waals surface area contributed by atoms with Crippen molar-refractivity contribution in [2.75, 3.05) is 0 Å². The fourth-order valence-electron chi connectivity index (χ4n) is 1.40. The van der Waals surface area contributed by atoms with Crippen LogP contribution in [0.3, 0.4) is 0 Å². The Bertz CT molecular complexity index is 470. The molecule has 3 rings (SSSR count). The maximum absolute atomic E-state index is 5.46. The van der Waals surface area contributed by atoms with Crippen LogP contribution >= 0.6 is 0 Å². The number of para-hydroxylation sites is 2. The fourth-order valence-corrected chi connectivity index (χ4v) is 1.40. The zero-order valence-corrected chi connectivity index (χ0v) is 7.84. The van der Waals surface area contributed by atoms with Crippen molar-refractivity contribution < 1.29 is 13.9 Å². The van der Waals surface area contributed by atoms with Crippen molar-refractivity contribution in [3.8, 4) is 11.5 Å². The van der Waals surface area contributed by atoms with Crippen molar-refractivity contribution in [2.45, 2.75) is 0 Å². The van der Waals surface area contributed by atoms with Gasteiger partial charge in [0.05, 0.1) is 12.3 Å². The molecular weight excluding hydrogens is 192 g/mol. The van der Waals surface area contributed by atoms with Crippen LogP contribution in [0.5, 0.6) is 11.5 Å². The van der Waals surface area contributed by atoms with Crippen LogP contribution in [-0.2, 0) is 0 Å². The highest BCUT2D eigenvalue weighted by Crippen LogP contribution is 2.35. The summed E-state index contributed by atoms with van der Waals surface area (Å²) in [6.45, 7) is 0. The van der Waals surface area contributed by atoms with Gasteiger partial charge in [0.25, 0.3) is 5.95 Å². The second kappa shape index (κ2) is 3.20. The minimum absolute atomic E-state index is 0.436. The molecule has 0 amide bonds. The third-order valence-corrected chi connectivity index (χ3v) is 2.07. The lowest BCUT2D eigenvalue weighted by Crippen LogP contribution is -1.92. The van der Waals surface area contributed by atoms with Crippen LogP contribution in [0.1, 0.15) is 5.76 Å². The molecule has 1 aromatic heterocycles. The summed E-state index contributed by atoms with van der Waals surface area (Å²) < 4.78 is 16.1. The first-order valence-electron chi connectivity index (χ1n) is 4.62. The number of hydrogen-bond acceptors (Lipinski definition) is 3. The molecular formula is C12H8O3. The van der Waals surface area contributed by atoms with E-state index in [-0.39, 0.29) is 0 Å². The van der Waals surface area contributed by atoms with E-state index in [2.05, 4.69) is 0 Å². The van der Waals surface area contributed by atoms with Gasteiger partial charge in [0.2, 0.25) is 0 Å². The van der Waals surface area contributed by atoms with Crippen LogP contribution in [0, 0.1) is 0 Å². The van der Waals surface area contributed by atoms with Crippen LogP contribution in [0.4, 0.5) is 0 Å². The van der Waals surface area contributed by atoms with Crippen molar-refractivity contribution in [1.29, 1.82) is 0 Å². The van der Waals surface area contributed by atoms with E-state index in [0.29, 0.717) is 11.7 Å². The summed E-state index contributed by atoms with van der Waals surface area (Å²) in [6, 6.07) is 11.2. The molecule has 0 saturated carbocycles. The van der Waals surface area contributed by atoms with Crippen LogP contribution < -0.4 is 9.47 Å². The Hall–Kier alpha value is -2.16. The van der Waals surface area contributed by atoms with E-state index in [0.717, 1.165) is 11.5 Å². The number of rotatable bonds is 1. The van der Waals surface area contributed by atoms with Gasteiger partial charge >= 0.3 is 0 Å². The molecule has 0 radical (unpaired) electrons. The van der Waals surface area contributed by atoms with Crippen molar-refractivity contribution in [3.05, 3.63) is 54.4 Å². The highest BCUT2D eigenvalue weighted by atomic mass is 16.7. The Morgan fingerprint density at radius 3 is 2.20 bits per heavy atom. The minimum Gasteiger partial charge on any atom is -0.465 e. The van der Waals surface area contributed by atoms with E-state index >= 15 is 0 Å². The van der Waals surface area contributed by atoms with Crippen molar-refractivity contribution >= 4 is 6.08 Å². The molecule has 0 fully saturated rings. The van der Waals surface area contributed by atoms with E-state index in [9.17, 15) is 0 Å². The van der Waals surface area contributed by atoms with E-state index in [1.165, 1.54) is 0 Å². The highest BCUT2D eigenvalue weighted by molar-refractivity contribution is 5.51. The Morgan fingerprint density at radius 2 is 1.60 bits per heavy atom. The Balaban J connectivity index is 1.90. The first-order chi connectivity index (χ1) is 7.42. The summed E-state index contributed by atoms with van der Waals surface area (Å²) >= 11 is 0. The molecule has 0 spiro atoms. The molecule has 3 heteroatoms. The Labute approximate surface area is 86.5 Å². The molecule has 0 N–H and O–H groups in total. The van der Waals surface area contributed by atoms with Gasteiger partial charge in [-0.05, 0) is 24.3 Å². The molecule has 0 atom stereocenters. The van der Waals surface area contributed by atoms with E-state index < -0.39 is 0 Å². The van der Waals surface area contributed by atoms with Crippen LogP contribution in [0.2, 0.25) is 0 Å². The summed E-state index contributed by atoms with van der Waals surface area (Å²) in [5, 5.41) is 0. The van der Waals surface area contributed by atoms with Gasteiger partial charge in [-0.1, -0.05) is 12.1 Å². The summed E-state index contributed by atoms with van der Waals surface area (Å²) in [6.07, 6.45) is 3.31. The van der Waals surface area contributed by atoms with E-state index in [1.54, 1.807) is 12.3 Å². The molecule has 2 heterocycles. The molecule has 3 nitrogen and oxygen atoms in total. The van der Waals surface area contributed by atoms with Gasteiger partial charge in [0.1, 0.15) is 5.76 Å². The number of furan rings is 1. The first kappa shape index (κ1) is 8.17. The van der Waals surface area contributed by atoms with Gasteiger partial charge < -0.3 is 13.9 Å². The van der Waals surface area contributed by atoms with Crippen LogP contribution in [-0.4, -0.2) is 0 Å². The lowest BCUT2D eigenvalue weighted by Gasteiger charge is -1.94. The third-order valence-electron chi connectivity index (χ3n) is 2.07. The van der Waals surface area contributed by atoms with Gasteiger partial charge in [-0.25, -0.2) is 0 Å². The Morgan fingerprint density at radius 1 is 0.867 bits per heavy atom. The SMILES string of the molecule is C(=C1Oc2ccccc2O1)c1ccco1. The van der Waals surface area contributed by atoms with E-state index in [4.69, 9.17) is 13.9 Å². The fraction of sp³-hybridized carbons (Fsp3) is 0. The largest absolute Gasteiger partial charge is 0.465 e. The monoisotopic (exact) mass is 200 g/mol. The smallest absolute Gasteiger partial charge is 0.294 e. The maximum Gasteiger partial charge on any atom is 0.294 e. The zero-order valence-electron chi connectivity index (χ0n) is 7.84. The van der Waals surface area contributed by atoms with Gasteiger partial charge in [-0.15, -0.1) is 0 Å². The molecule has 15 heavy (non-hydrogen) atoms. The number of ether oxygens (including phenoxy) is 2. The number of benzene rings is 1. The summed E-state index contributed by atoms with van der Waals surface area (Å²) in [4.78, 5) is 0. The standard InChI is InChI=1S/C12H8O3/c1-2-6-11-10(5-1)14-12(15-11)8-9-4-3-7-13-9/h1-8H. The third kappa shape index (κ3) is 1.48. The van der Waals surface area contributed by atoms with Gasteiger partial charge in [0.15, 0.2) is 11.5 Å². The van der Waals surface area contributed by atoms with Crippen molar-refractivity contribution in [3.63, 3.8) is 0 Å². The number of hydrogen-bond donors (Lipinski definition) is 0. The lowest BCUT2D eigenvalue weighted by atomic mass is 10.3. The van der Waals surface area contributed by atoms with Gasteiger partial charge in [0, 0.05) is 0 Å². The first-order valence-corrected chi connectivity index (χ1v) is 4.62. The van der Waals surface area contributed by atoms with Gasteiger partial charge in [-0.2, -0.15) is 0 Å². The molecule has 1 aliphatic rings. The topological polar surface area (TPSA) is 31.6 Å². The average Bonchev–Trinajstić information content (AvgIpc) is 2.86. The average molecular weight is 200 g/mol. The molecule has 0 aliphatic carbocycles.